The SMILES string of the molecule is CCCCc1ccc(CC(=O)Nc2ccns2)cc1. The van der Waals surface area contributed by atoms with E-state index in [1.54, 1.807) is 12.3 Å². The normalized spacial score (nSPS) is 10.4. The maximum absolute atomic E-state index is 11.8. The van der Waals surface area contributed by atoms with Crippen molar-refractivity contribution in [3.63, 3.8) is 0 Å². The van der Waals surface area contributed by atoms with Crippen molar-refractivity contribution in [3.05, 3.63) is 47.7 Å². The van der Waals surface area contributed by atoms with E-state index in [0.717, 1.165) is 17.0 Å². The zero-order valence-electron chi connectivity index (χ0n) is 11.1. The van der Waals surface area contributed by atoms with Crippen molar-refractivity contribution in [1.82, 2.24) is 4.37 Å². The Labute approximate surface area is 117 Å². The van der Waals surface area contributed by atoms with E-state index in [1.807, 2.05) is 12.1 Å². The van der Waals surface area contributed by atoms with E-state index < -0.39 is 0 Å². The number of nitrogens with zero attached hydrogens (tertiary/aromatic N) is 1. The molecule has 0 unspecified atom stereocenters. The molecule has 0 bridgehead atoms. The molecule has 100 valence electrons. The molecule has 0 radical (unpaired) electrons. The van der Waals surface area contributed by atoms with Gasteiger partial charge in [0.25, 0.3) is 0 Å². The zero-order chi connectivity index (χ0) is 13.5. The summed E-state index contributed by atoms with van der Waals surface area (Å²) in [5.41, 5.74) is 2.38. The van der Waals surface area contributed by atoms with Gasteiger partial charge in [0, 0.05) is 6.20 Å². The highest BCUT2D eigenvalue weighted by Crippen LogP contribution is 2.13. The minimum Gasteiger partial charge on any atom is -0.316 e. The van der Waals surface area contributed by atoms with Crippen LogP contribution in [0.3, 0.4) is 0 Å². The van der Waals surface area contributed by atoms with Crippen LogP contribution in [0.25, 0.3) is 0 Å². The van der Waals surface area contributed by atoms with E-state index in [1.165, 1.54) is 29.9 Å². The number of aryl methyl sites for hydroxylation is 1. The highest BCUT2D eigenvalue weighted by atomic mass is 32.1. The molecule has 0 aliphatic carbocycles. The average Bonchev–Trinajstić information content (AvgIpc) is 2.90. The summed E-state index contributed by atoms with van der Waals surface area (Å²) in [5, 5.41) is 3.63. The van der Waals surface area contributed by atoms with Gasteiger partial charge in [-0.2, -0.15) is 4.37 Å². The van der Waals surface area contributed by atoms with Crippen LogP contribution in [0.4, 0.5) is 5.00 Å². The van der Waals surface area contributed by atoms with Gasteiger partial charge in [-0.1, -0.05) is 37.6 Å². The second-order valence-electron chi connectivity index (χ2n) is 4.52. The molecule has 0 aliphatic rings. The van der Waals surface area contributed by atoms with Crippen LogP contribution < -0.4 is 5.32 Å². The van der Waals surface area contributed by atoms with Crippen LogP contribution in [0, 0.1) is 0 Å². The zero-order valence-corrected chi connectivity index (χ0v) is 11.9. The van der Waals surface area contributed by atoms with Crippen LogP contribution >= 0.6 is 11.5 Å². The monoisotopic (exact) mass is 274 g/mol. The molecule has 0 saturated carbocycles. The topological polar surface area (TPSA) is 42.0 Å². The van der Waals surface area contributed by atoms with Crippen LogP contribution in [-0.4, -0.2) is 10.3 Å². The summed E-state index contributed by atoms with van der Waals surface area (Å²) in [6.07, 6.45) is 5.63. The molecule has 0 atom stereocenters. The van der Waals surface area contributed by atoms with Gasteiger partial charge in [0.2, 0.25) is 5.91 Å². The molecule has 0 spiro atoms. The summed E-state index contributed by atoms with van der Waals surface area (Å²) in [4.78, 5) is 11.8. The predicted octanol–water partition coefficient (Wildman–Crippen LogP) is 3.67. The highest BCUT2D eigenvalue weighted by Gasteiger charge is 2.05. The first kappa shape index (κ1) is 13.7. The summed E-state index contributed by atoms with van der Waals surface area (Å²) in [7, 11) is 0. The van der Waals surface area contributed by atoms with Gasteiger partial charge in [-0.25, -0.2) is 0 Å². The molecular weight excluding hydrogens is 256 g/mol. The largest absolute Gasteiger partial charge is 0.316 e. The third-order valence-corrected chi connectivity index (χ3v) is 3.57. The first-order valence-corrected chi connectivity index (χ1v) is 7.33. The van der Waals surface area contributed by atoms with Gasteiger partial charge in [-0.15, -0.1) is 0 Å². The van der Waals surface area contributed by atoms with Crippen molar-refractivity contribution >= 4 is 22.4 Å². The van der Waals surface area contributed by atoms with Gasteiger partial charge in [0.05, 0.1) is 6.42 Å². The summed E-state index contributed by atoms with van der Waals surface area (Å²) in [6, 6.07) is 10.1. The number of benzene rings is 1. The van der Waals surface area contributed by atoms with Gasteiger partial charge in [0.15, 0.2) is 0 Å². The second kappa shape index (κ2) is 7.04. The molecule has 3 nitrogen and oxygen atoms in total. The average molecular weight is 274 g/mol. The fourth-order valence-electron chi connectivity index (χ4n) is 1.85. The van der Waals surface area contributed by atoms with Crippen LogP contribution in [0.2, 0.25) is 0 Å². The van der Waals surface area contributed by atoms with Gasteiger partial charge >= 0.3 is 0 Å². The Balaban J connectivity index is 1.86. The molecule has 2 rings (SSSR count). The van der Waals surface area contributed by atoms with E-state index in [0.29, 0.717) is 6.42 Å². The summed E-state index contributed by atoms with van der Waals surface area (Å²) in [6.45, 7) is 2.19. The molecule has 1 aromatic heterocycles. The van der Waals surface area contributed by atoms with E-state index in [9.17, 15) is 4.79 Å². The van der Waals surface area contributed by atoms with Crippen molar-refractivity contribution in [2.24, 2.45) is 0 Å². The number of hydrogen-bond donors (Lipinski definition) is 1. The fourth-order valence-corrected chi connectivity index (χ4v) is 2.37. The van der Waals surface area contributed by atoms with Crippen molar-refractivity contribution < 1.29 is 4.79 Å². The number of rotatable bonds is 6. The number of amides is 1. The molecule has 2 aromatic rings. The van der Waals surface area contributed by atoms with Crippen LogP contribution in [0.5, 0.6) is 0 Å². The summed E-state index contributed by atoms with van der Waals surface area (Å²) < 4.78 is 3.95. The van der Waals surface area contributed by atoms with Crippen LogP contribution in [-0.2, 0) is 17.6 Å². The molecule has 19 heavy (non-hydrogen) atoms. The van der Waals surface area contributed by atoms with E-state index in [-0.39, 0.29) is 5.91 Å². The van der Waals surface area contributed by atoms with Gasteiger partial charge < -0.3 is 5.32 Å². The Kier molecular flexibility index (Phi) is 5.10. The maximum atomic E-state index is 11.8. The van der Waals surface area contributed by atoms with Crippen molar-refractivity contribution in [2.45, 2.75) is 32.6 Å². The number of aromatic nitrogens is 1. The molecule has 1 heterocycles. The van der Waals surface area contributed by atoms with Crippen molar-refractivity contribution in [3.8, 4) is 0 Å². The smallest absolute Gasteiger partial charge is 0.229 e. The Hall–Kier alpha value is -1.68. The number of carbonyl (C=O) groups is 1. The Morgan fingerprint density at radius 3 is 2.58 bits per heavy atom. The maximum Gasteiger partial charge on any atom is 0.229 e. The number of unbranched alkanes of at least 4 members (excludes halogenated alkanes) is 1. The molecular formula is C15H18N2OS. The highest BCUT2D eigenvalue weighted by molar-refractivity contribution is 7.10. The molecule has 1 amide bonds. The minimum absolute atomic E-state index is 0.00515. The first-order chi connectivity index (χ1) is 9.28. The molecule has 0 fully saturated rings. The Morgan fingerprint density at radius 1 is 1.21 bits per heavy atom. The Morgan fingerprint density at radius 2 is 1.95 bits per heavy atom. The van der Waals surface area contributed by atoms with Crippen molar-refractivity contribution in [1.29, 1.82) is 0 Å². The standard InChI is InChI=1S/C15H18N2OS/c1-2-3-4-12-5-7-13(8-6-12)11-14(18)17-15-9-10-16-19-15/h5-10H,2-4,11H2,1H3,(H,17,18). The molecule has 4 heteroatoms. The number of carbonyl (C=O) groups excluding carboxylic acids is 1. The fraction of sp³-hybridized carbons (Fsp3) is 0.333. The lowest BCUT2D eigenvalue weighted by atomic mass is 10.0. The molecule has 0 aliphatic heterocycles. The second-order valence-corrected chi connectivity index (χ2v) is 5.35. The van der Waals surface area contributed by atoms with E-state index >= 15 is 0 Å². The molecule has 0 saturated heterocycles. The lowest BCUT2D eigenvalue weighted by Crippen LogP contribution is -2.13. The molecule has 1 N–H and O–H groups in total. The lowest BCUT2D eigenvalue weighted by Gasteiger charge is -2.04. The minimum atomic E-state index is 0.00515. The van der Waals surface area contributed by atoms with Crippen molar-refractivity contribution in [2.75, 3.05) is 5.32 Å². The van der Waals surface area contributed by atoms with E-state index in [2.05, 4.69) is 28.7 Å². The van der Waals surface area contributed by atoms with Crippen LogP contribution in [0.15, 0.2) is 36.5 Å². The van der Waals surface area contributed by atoms with Gasteiger partial charge in [0.1, 0.15) is 5.00 Å². The predicted molar refractivity (Wildman–Crippen MR) is 79.5 cm³/mol. The summed E-state index contributed by atoms with van der Waals surface area (Å²) >= 11 is 1.29. The third-order valence-electron chi connectivity index (χ3n) is 2.91. The quantitative estimate of drug-likeness (QED) is 0.873. The van der Waals surface area contributed by atoms with Gasteiger partial charge in [-0.05, 0) is 41.6 Å². The number of nitrogens with one attached hydrogen (secondary N) is 1. The third kappa shape index (κ3) is 4.48. The first-order valence-electron chi connectivity index (χ1n) is 6.56. The van der Waals surface area contributed by atoms with Gasteiger partial charge in [-0.3, -0.25) is 4.79 Å². The van der Waals surface area contributed by atoms with E-state index in [4.69, 9.17) is 0 Å². The summed E-state index contributed by atoms with van der Waals surface area (Å²) in [5.74, 6) is 0.00515. The number of anilines is 1. The number of hydrogen-bond acceptors (Lipinski definition) is 3. The molecule has 1 aromatic carbocycles. The van der Waals surface area contributed by atoms with Crippen LogP contribution in [0.1, 0.15) is 30.9 Å². The lowest BCUT2D eigenvalue weighted by molar-refractivity contribution is -0.115. The Bertz CT molecular complexity index is 505.